The Morgan fingerprint density at radius 2 is 2.06 bits per heavy atom. The van der Waals surface area contributed by atoms with Crippen LogP contribution in [0.4, 0.5) is 0 Å². The number of allylic oxidation sites excluding steroid dienone is 1. The van der Waals surface area contributed by atoms with Gasteiger partial charge in [0, 0.05) is 21.5 Å². The minimum Gasteiger partial charge on any atom is -0.345 e. The predicted octanol–water partition coefficient (Wildman–Crippen LogP) is 2.91. The van der Waals surface area contributed by atoms with E-state index in [9.17, 15) is 4.79 Å². The maximum atomic E-state index is 11.7. The number of hydrogen-bond acceptors (Lipinski definition) is 2. The van der Waals surface area contributed by atoms with Crippen LogP contribution >= 0.6 is 22.6 Å². The number of nitrogens with zero attached hydrogens (tertiary/aromatic N) is 1. The van der Waals surface area contributed by atoms with Gasteiger partial charge in [0.25, 0.3) is 0 Å². The van der Waals surface area contributed by atoms with Crippen molar-refractivity contribution in [2.45, 2.75) is 0 Å². The van der Waals surface area contributed by atoms with Crippen LogP contribution < -0.4 is 0 Å². The summed E-state index contributed by atoms with van der Waals surface area (Å²) < 4.78 is 1.11. The van der Waals surface area contributed by atoms with Gasteiger partial charge in [-0.2, -0.15) is 0 Å². The van der Waals surface area contributed by atoms with Crippen molar-refractivity contribution in [1.82, 2.24) is 9.97 Å². The molecule has 2 aromatic rings. The van der Waals surface area contributed by atoms with Crippen LogP contribution in [0, 0.1) is 3.57 Å². The minimum absolute atomic E-state index is 0.0206. The highest BCUT2D eigenvalue weighted by Gasteiger charge is 2.00. The maximum Gasteiger partial charge on any atom is 0.185 e. The molecule has 1 N–H and O–H groups in total. The molecule has 16 heavy (non-hydrogen) atoms. The summed E-state index contributed by atoms with van der Waals surface area (Å²) >= 11 is 2.21. The molecule has 1 aromatic heterocycles. The number of benzene rings is 1. The number of H-pyrrole nitrogens is 1. The monoisotopic (exact) mass is 324 g/mol. The molecule has 4 heteroatoms. The third-order valence-electron chi connectivity index (χ3n) is 2.04. The molecule has 80 valence electrons. The molecule has 0 fully saturated rings. The molecule has 0 saturated carbocycles. The number of nitrogens with one attached hydrogen (secondary N) is 1. The van der Waals surface area contributed by atoms with E-state index in [0.717, 1.165) is 3.57 Å². The fourth-order valence-electron chi connectivity index (χ4n) is 1.23. The molecular formula is C12H9IN2O. The second-order valence-electron chi connectivity index (χ2n) is 3.18. The van der Waals surface area contributed by atoms with E-state index in [1.54, 1.807) is 18.5 Å². The van der Waals surface area contributed by atoms with Gasteiger partial charge >= 0.3 is 0 Å². The topological polar surface area (TPSA) is 45.8 Å². The van der Waals surface area contributed by atoms with Gasteiger partial charge in [-0.05, 0) is 46.9 Å². The molecule has 1 aromatic carbocycles. The first-order valence-corrected chi connectivity index (χ1v) is 5.81. The fraction of sp³-hybridized carbons (Fsp3) is 0. The maximum absolute atomic E-state index is 11.7. The van der Waals surface area contributed by atoms with E-state index < -0.39 is 0 Å². The Labute approximate surface area is 107 Å². The highest BCUT2D eigenvalue weighted by atomic mass is 127. The lowest BCUT2D eigenvalue weighted by Gasteiger charge is -1.95. The summed E-state index contributed by atoms with van der Waals surface area (Å²) in [6, 6.07) is 7.45. The average molecular weight is 324 g/mol. The van der Waals surface area contributed by atoms with E-state index in [-0.39, 0.29) is 5.78 Å². The Balaban J connectivity index is 2.11. The largest absolute Gasteiger partial charge is 0.345 e. The van der Waals surface area contributed by atoms with Crippen LogP contribution in [0.15, 0.2) is 42.7 Å². The molecule has 0 aliphatic carbocycles. The number of imidazole rings is 1. The predicted molar refractivity (Wildman–Crippen MR) is 71.1 cm³/mol. The molecule has 1 heterocycles. The number of rotatable bonds is 3. The number of hydrogen-bond donors (Lipinski definition) is 1. The SMILES string of the molecule is O=C(C=Cc1ncc[nH]1)c1ccc(I)cc1. The van der Waals surface area contributed by atoms with Crippen LogP contribution in [-0.4, -0.2) is 15.8 Å². The van der Waals surface area contributed by atoms with Crippen molar-refractivity contribution >= 4 is 34.5 Å². The molecule has 2 rings (SSSR count). The first-order chi connectivity index (χ1) is 7.75. The van der Waals surface area contributed by atoms with Crippen molar-refractivity contribution in [2.75, 3.05) is 0 Å². The molecule has 0 spiro atoms. The lowest BCUT2D eigenvalue weighted by molar-refractivity contribution is 0.104. The van der Waals surface area contributed by atoms with Gasteiger partial charge in [0.2, 0.25) is 0 Å². The normalized spacial score (nSPS) is 10.8. The van der Waals surface area contributed by atoms with Crippen LogP contribution in [0.5, 0.6) is 0 Å². The second kappa shape index (κ2) is 5.07. The highest BCUT2D eigenvalue weighted by Crippen LogP contribution is 2.08. The van der Waals surface area contributed by atoms with Gasteiger partial charge in [-0.15, -0.1) is 0 Å². The third-order valence-corrected chi connectivity index (χ3v) is 2.76. The van der Waals surface area contributed by atoms with Crippen molar-refractivity contribution in [1.29, 1.82) is 0 Å². The van der Waals surface area contributed by atoms with E-state index in [4.69, 9.17) is 0 Å². The van der Waals surface area contributed by atoms with Gasteiger partial charge in [-0.3, -0.25) is 4.79 Å². The molecule has 0 aliphatic heterocycles. The molecule has 0 atom stereocenters. The number of aromatic nitrogens is 2. The summed E-state index contributed by atoms with van der Waals surface area (Å²) in [4.78, 5) is 18.6. The Hall–Kier alpha value is -1.43. The highest BCUT2D eigenvalue weighted by molar-refractivity contribution is 14.1. The van der Waals surface area contributed by atoms with Crippen molar-refractivity contribution in [3.8, 4) is 0 Å². The van der Waals surface area contributed by atoms with Crippen LogP contribution in [0.1, 0.15) is 16.2 Å². The van der Waals surface area contributed by atoms with Gasteiger partial charge in [-0.25, -0.2) is 4.98 Å². The summed E-state index contributed by atoms with van der Waals surface area (Å²) in [5, 5.41) is 0. The van der Waals surface area contributed by atoms with Crippen LogP contribution in [0.3, 0.4) is 0 Å². The summed E-state index contributed by atoms with van der Waals surface area (Å²) in [5.41, 5.74) is 0.684. The Morgan fingerprint density at radius 1 is 1.31 bits per heavy atom. The standard InChI is InChI=1S/C12H9IN2O/c13-10-3-1-9(2-4-10)11(16)5-6-12-14-7-8-15-12/h1-8H,(H,14,15). The fourth-order valence-corrected chi connectivity index (χ4v) is 1.59. The molecule has 0 amide bonds. The molecule has 3 nitrogen and oxygen atoms in total. The third kappa shape index (κ3) is 2.79. The minimum atomic E-state index is -0.0206. The van der Waals surface area contributed by atoms with E-state index in [2.05, 4.69) is 32.6 Å². The lowest BCUT2D eigenvalue weighted by atomic mass is 10.1. The van der Waals surface area contributed by atoms with E-state index >= 15 is 0 Å². The summed E-state index contributed by atoms with van der Waals surface area (Å²) in [7, 11) is 0. The number of carbonyl (C=O) groups is 1. The van der Waals surface area contributed by atoms with E-state index in [0.29, 0.717) is 11.4 Å². The molecular weight excluding hydrogens is 315 g/mol. The summed E-state index contributed by atoms with van der Waals surface area (Å²) in [6.07, 6.45) is 6.55. The zero-order valence-corrected chi connectivity index (χ0v) is 10.5. The van der Waals surface area contributed by atoms with Crippen LogP contribution in [0.25, 0.3) is 6.08 Å². The van der Waals surface area contributed by atoms with Crippen molar-refractivity contribution in [2.24, 2.45) is 0 Å². The van der Waals surface area contributed by atoms with E-state index in [1.807, 2.05) is 24.3 Å². The zero-order valence-electron chi connectivity index (χ0n) is 8.35. The second-order valence-corrected chi connectivity index (χ2v) is 4.42. The number of carbonyl (C=O) groups excluding carboxylic acids is 1. The Morgan fingerprint density at radius 3 is 2.69 bits per heavy atom. The van der Waals surface area contributed by atoms with E-state index in [1.165, 1.54) is 6.08 Å². The first kappa shape index (κ1) is 11.1. The van der Waals surface area contributed by atoms with Gasteiger partial charge < -0.3 is 4.98 Å². The Bertz CT molecular complexity index is 500. The van der Waals surface area contributed by atoms with Crippen molar-refractivity contribution in [3.63, 3.8) is 0 Å². The van der Waals surface area contributed by atoms with Gasteiger partial charge in [0.1, 0.15) is 5.82 Å². The van der Waals surface area contributed by atoms with Gasteiger partial charge in [0.05, 0.1) is 0 Å². The van der Waals surface area contributed by atoms with Gasteiger partial charge in [-0.1, -0.05) is 12.1 Å². The number of aromatic amines is 1. The quantitative estimate of drug-likeness (QED) is 0.536. The lowest BCUT2D eigenvalue weighted by Crippen LogP contribution is -1.93. The first-order valence-electron chi connectivity index (χ1n) is 4.73. The van der Waals surface area contributed by atoms with Gasteiger partial charge in [0.15, 0.2) is 5.78 Å². The molecule has 0 saturated heterocycles. The number of ketones is 1. The number of halogens is 1. The smallest absolute Gasteiger partial charge is 0.185 e. The molecule has 0 radical (unpaired) electrons. The average Bonchev–Trinajstić information content (AvgIpc) is 2.80. The van der Waals surface area contributed by atoms with Crippen molar-refractivity contribution < 1.29 is 4.79 Å². The van der Waals surface area contributed by atoms with Crippen molar-refractivity contribution in [3.05, 3.63) is 57.7 Å². The molecule has 0 aliphatic rings. The van der Waals surface area contributed by atoms with Crippen LogP contribution in [0.2, 0.25) is 0 Å². The summed E-state index contributed by atoms with van der Waals surface area (Å²) in [6.45, 7) is 0. The molecule has 0 bridgehead atoms. The van der Waals surface area contributed by atoms with Crippen LogP contribution in [-0.2, 0) is 0 Å². The molecule has 0 unspecified atom stereocenters. The zero-order chi connectivity index (χ0) is 11.4. The Kier molecular flexibility index (Phi) is 3.51. The summed E-state index contributed by atoms with van der Waals surface area (Å²) in [5.74, 6) is 0.659.